The maximum absolute atomic E-state index is 6.38. The third-order valence-electron chi connectivity index (χ3n) is 4.05. The van der Waals surface area contributed by atoms with Crippen LogP contribution in [-0.2, 0) is 8.85 Å². The predicted molar refractivity (Wildman–Crippen MR) is 80.2 cm³/mol. The van der Waals surface area contributed by atoms with Crippen LogP contribution in [-0.4, -0.2) is 21.8 Å². The van der Waals surface area contributed by atoms with Gasteiger partial charge in [-0.15, -0.1) is 0 Å². The molecule has 0 N–H and O–H groups in total. The molecule has 3 heteroatoms. The highest BCUT2D eigenvalue weighted by atomic mass is 28.4. The van der Waals surface area contributed by atoms with E-state index in [1.165, 1.54) is 51.0 Å². The quantitative estimate of drug-likeness (QED) is 0.548. The fourth-order valence-electron chi connectivity index (χ4n) is 3.11. The SMILES string of the molecule is CCCC[Si](OCC)(OCCC)C1CCCCC1. The largest absolute Gasteiger partial charge is 0.394 e. The molecule has 2 nitrogen and oxygen atoms in total. The van der Waals surface area contributed by atoms with Gasteiger partial charge in [0.15, 0.2) is 0 Å². The first-order chi connectivity index (χ1) is 8.79. The molecule has 0 aromatic carbocycles. The molecule has 0 heterocycles. The van der Waals surface area contributed by atoms with Crippen molar-refractivity contribution in [2.24, 2.45) is 0 Å². The minimum Gasteiger partial charge on any atom is -0.394 e. The number of hydrogen-bond acceptors (Lipinski definition) is 2. The third-order valence-corrected chi connectivity index (χ3v) is 8.39. The van der Waals surface area contributed by atoms with Crippen molar-refractivity contribution in [2.75, 3.05) is 13.2 Å². The molecule has 0 spiro atoms. The topological polar surface area (TPSA) is 18.5 Å². The van der Waals surface area contributed by atoms with Crippen LogP contribution in [0.25, 0.3) is 0 Å². The summed E-state index contributed by atoms with van der Waals surface area (Å²) in [6.45, 7) is 8.33. The van der Waals surface area contributed by atoms with Crippen molar-refractivity contribution >= 4 is 8.56 Å². The summed E-state index contributed by atoms with van der Waals surface area (Å²) in [5.41, 5.74) is 0.754. The zero-order valence-electron chi connectivity index (χ0n) is 12.7. The monoisotopic (exact) mass is 272 g/mol. The molecule has 1 aliphatic rings. The molecule has 0 saturated heterocycles. The van der Waals surface area contributed by atoms with E-state index in [2.05, 4.69) is 20.8 Å². The highest BCUT2D eigenvalue weighted by Gasteiger charge is 2.45. The lowest BCUT2D eigenvalue weighted by molar-refractivity contribution is 0.156. The standard InChI is InChI=1S/C15H32O2Si/c1-4-7-14-18(16-6-3,17-13-5-2)15-11-9-8-10-12-15/h15H,4-14H2,1-3H3. The number of rotatable bonds is 9. The van der Waals surface area contributed by atoms with E-state index in [1.807, 2.05) is 0 Å². The molecule has 0 aromatic rings. The van der Waals surface area contributed by atoms with Gasteiger partial charge >= 0.3 is 8.56 Å². The van der Waals surface area contributed by atoms with Crippen LogP contribution in [0.2, 0.25) is 11.6 Å². The predicted octanol–water partition coefficient (Wildman–Crippen LogP) is 5.03. The van der Waals surface area contributed by atoms with Crippen LogP contribution in [0.5, 0.6) is 0 Å². The smallest absolute Gasteiger partial charge is 0.341 e. The molecule has 0 bridgehead atoms. The van der Waals surface area contributed by atoms with Gasteiger partial charge < -0.3 is 8.85 Å². The van der Waals surface area contributed by atoms with Gasteiger partial charge in [-0.25, -0.2) is 0 Å². The van der Waals surface area contributed by atoms with Crippen molar-refractivity contribution in [3.63, 3.8) is 0 Å². The summed E-state index contributed by atoms with van der Waals surface area (Å²) in [6.07, 6.45) is 10.5. The summed E-state index contributed by atoms with van der Waals surface area (Å²) in [5, 5.41) is 0. The lowest BCUT2D eigenvalue weighted by Crippen LogP contribution is -2.48. The van der Waals surface area contributed by atoms with E-state index in [0.717, 1.165) is 25.2 Å². The van der Waals surface area contributed by atoms with Crippen molar-refractivity contribution in [1.29, 1.82) is 0 Å². The second-order valence-corrected chi connectivity index (χ2v) is 9.05. The second-order valence-electron chi connectivity index (χ2n) is 5.53. The Bertz CT molecular complexity index is 195. The highest BCUT2D eigenvalue weighted by Crippen LogP contribution is 2.41. The lowest BCUT2D eigenvalue weighted by Gasteiger charge is -2.39. The Morgan fingerprint density at radius 3 is 2.22 bits per heavy atom. The zero-order chi connectivity index (χ0) is 13.3. The molecule has 1 rings (SSSR count). The van der Waals surface area contributed by atoms with Crippen molar-refractivity contribution < 1.29 is 8.85 Å². The van der Waals surface area contributed by atoms with Gasteiger partial charge in [-0.05, 0) is 32.2 Å². The van der Waals surface area contributed by atoms with Crippen LogP contribution < -0.4 is 0 Å². The van der Waals surface area contributed by atoms with E-state index in [9.17, 15) is 0 Å². The van der Waals surface area contributed by atoms with Gasteiger partial charge in [0, 0.05) is 18.8 Å². The first kappa shape index (κ1) is 16.2. The molecule has 0 amide bonds. The Labute approximate surface area is 115 Å². The van der Waals surface area contributed by atoms with Gasteiger partial charge in [0.2, 0.25) is 0 Å². The van der Waals surface area contributed by atoms with Gasteiger partial charge in [-0.3, -0.25) is 0 Å². The summed E-state index contributed by atoms with van der Waals surface area (Å²) < 4.78 is 12.7. The molecule has 1 atom stereocenters. The summed E-state index contributed by atoms with van der Waals surface area (Å²) in [6, 6.07) is 1.21. The summed E-state index contributed by atoms with van der Waals surface area (Å²) in [7, 11) is -1.94. The first-order valence-electron chi connectivity index (χ1n) is 8.07. The third kappa shape index (κ3) is 4.67. The minimum absolute atomic E-state index is 0.754. The van der Waals surface area contributed by atoms with Gasteiger partial charge in [0.25, 0.3) is 0 Å². The number of hydrogen-bond donors (Lipinski definition) is 0. The molecule has 108 valence electrons. The van der Waals surface area contributed by atoms with Gasteiger partial charge in [-0.2, -0.15) is 0 Å². The summed E-state index contributed by atoms with van der Waals surface area (Å²) in [5.74, 6) is 0. The molecular weight excluding hydrogens is 240 g/mol. The van der Waals surface area contributed by atoms with Crippen LogP contribution in [0.4, 0.5) is 0 Å². The molecule has 1 unspecified atom stereocenters. The fraction of sp³-hybridized carbons (Fsp3) is 1.00. The van der Waals surface area contributed by atoms with Gasteiger partial charge in [-0.1, -0.05) is 46.0 Å². The second kappa shape index (κ2) is 9.11. The van der Waals surface area contributed by atoms with Gasteiger partial charge in [0.1, 0.15) is 0 Å². The van der Waals surface area contributed by atoms with Crippen LogP contribution >= 0.6 is 0 Å². The Morgan fingerprint density at radius 2 is 1.67 bits per heavy atom. The van der Waals surface area contributed by atoms with E-state index in [1.54, 1.807) is 0 Å². The van der Waals surface area contributed by atoms with Crippen LogP contribution in [0.1, 0.15) is 72.1 Å². The molecule has 0 aliphatic heterocycles. The van der Waals surface area contributed by atoms with Crippen molar-refractivity contribution in [1.82, 2.24) is 0 Å². The number of unbranched alkanes of at least 4 members (excludes halogenated alkanes) is 1. The molecule has 18 heavy (non-hydrogen) atoms. The molecule has 0 radical (unpaired) electrons. The Morgan fingerprint density at radius 1 is 0.944 bits per heavy atom. The van der Waals surface area contributed by atoms with Crippen molar-refractivity contribution in [3.05, 3.63) is 0 Å². The zero-order valence-corrected chi connectivity index (χ0v) is 13.7. The van der Waals surface area contributed by atoms with E-state index in [0.29, 0.717) is 0 Å². The van der Waals surface area contributed by atoms with E-state index in [-0.39, 0.29) is 0 Å². The molecule has 1 aliphatic carbocycles. The average molecular weight is 273 g/mol. The Balaban J connectivity index is 2.71. The molecular formula is C15H32O2Si. The Hall–Kier alpha value is 0.137. The van der Waals surface area contributed by atoms with Crippen molar-refractivity contribution in [3.8, 4) is 0 Å². The van der Waals surface area contributed by atoms with Crippen LogP contribution in [0.15, 0.2) is 0 Å². The van der Waals surface area contributed by atoms with Crippen molar-refractivity contribution in [2.45, 2.75) is 83.7 Å². The average Bonchev–Trinajstić information content (AvgIpc) is 2.43. The fourth-order valence-corrected chi connectivity index (χ4v) is 7.53. The van der Waals surface area contributed by atoms with E-state index in [4.69, 9.17) is 8.85 Å². The highest BCUT2D eigenvalue weighted by molar-refractivity contribution is 6.69. The Kier molecular flexibility index (Phi) is 8.19. The maximum atomic E-state index is 6.38. The van der Waals surface area contributed by atoms with Gasteiger partial charge in [0.05, 0.1) is 0 Å². The first-order valence-corrected chi connectivity index (χ1v) is 10.2. The van der Waals surface area contributed by atoms with Crippen LogP contribution in [0.3, 0.4) is 0 Å². The van der Waals surface area contributed by atoms with Crippen LogP contribution in [0, 0.1) is 0 Å². The summed E-state index contributed by atoms with van der Waals surface area (Å²) >= 11 is 0. The minimum atomic E-state index is -1.94. The molecule has 1 saturated carbocycles. The lowest BCUT2D eigenvalue weighted by atomic mass is 10.0. The van der Waals surface area contributed by atoms with E-state index < -0.39 is 8.56 Å². The molecule has 0 aromatic heterocycles. The summed E-state index contributed by atoms with van der Waals surface area (Å²) in [4.78, 5) is 0. The molecule has 1 fully saturated rings. The maximum Gasteiger partial charge on any atom is 0.341 e. The normalized spacial score (nSPS) is 20.8. The van der Waals surface area contributed by atoms with E-state index >= 15 is 0 Å².